The molecule has 8 nitrogen and oxygen atoms in total. The zero-order valence-electron chi connectivity index (χ0n) is 14.4. The van der Waals surface area contributed by atoms with Crippen molar-refractivity contribution >= 4 is 22.5 Å². The zero-order chi connectivity index (χ0) is 20.1. The van der Waals surface area contributed by atoms with Crippen molar-refractivity contribution < 1.29 is 27.1 Å². The number of nitrogens with zero attached hydrogens (tertiary/aromatic N) is 3. The van der Waals surface area contributed by atoms with Crippen LogP contribution in [0.15, 0.2) is 34.9 Å². The molecule has 0 bridgehead atoms. The molecule has 2 heterocycles. The van der Waals surface area contributed by atoms with E-state index in [1.165, 1.54) is 6.26 Å². The van der Waals surface area contributed by atoms with Gasteiger partial charge >= 0.3 is 12.2 Å². The molecule has 0 aliphatic carbocycles. The van der Waals surface area contributed by atoms with Gasteiger partial charge in [0.1, 0.15) is 12.0 Å². The fourth-order valence-electron chi connectivity index (χ4n) is 2.12. The molecule has 0 radical (unpaired) electrons. The Morgan fingerprint density at radius 3 is 2.64 bits per heavy atom. The van der Waals surface area contributed by atoms with Gasteiger partial charge in [0.2, 0.25) is 16.0 Å². The number of halogens is 3. The van der Waals surface area contributed by atoms with Crippen LogP contribution in [0.1, 0.15) is 10.7 Å². The lowest BCUT2D eigenvalue weighted by Crippen LogP contribution is -2.30. The van der Waals surface area contributed by atoms with Crippen molar-refractivity contribution in [1.82, 2.24) is 20.5 Å². The number of carbonyl (C=O) groups is 1. The third-order valence-corrected chi connectivity index (χ3v) is 4.33. The van der Waals surface area contributed by atoms with Crippen molar-refractivity contribution in [2.45, 2.75) is 12.6 Å². The summed E-state index contributed by atoms with van der Waals surface area (Å²) in [6.45, 7) is 0.200. The van der Waals surface area contributed by atoms with E-state index >= 15 is 0 Å². The summed E-state index contributed by atoms with van der Waals surface area (Å²) >= 11 is 0.246. The van der Waals surface area contributed by atoms with E-state index < -0.39 is 17.2 Å². The second kappa shape index (κ2) is 8.25. The summed E-state index contributed by atoms with van der Waals surface area (Å²) in [6, 6.07) is 6.48. The molecular weight excluding hydrogens is 399 g/mol. The van der Waals surface area contributed by atoms with Crippen LogP contribution in [0.2, 0.25) is 0 Å². The van der Waals surface area contributed by atoms with Crippen LogP contribution in [-0.4, -0.2) is 34.9 Å². The fraction of sp³-hybridized carbons (Fsp3) is 0.250. The number of benzene rings is 1. The van der Waals surface area contributed by atoms with Gasteiger partial charge in [0.25, 0.3) is 0 Å². The maximum atomic E-state index is 12.4. The quantitative estimate of drug-likeness (QED) is 0.640. The maximum Gasteiger partial charge on any atom is 0.445 e. The molecule has 3 rings (SSSR count). The predicted molar refractivity (Wildman–Crippen MR) is 94.1 cm³/mol. The molecule has 0 aliphatic rings. The minimum Gasteiger partial charge on any atom is -0.497 e. The molecule has 2 N–H and O–H groups in total. The average Bonchev–Trinajstić information content (AvgIpc) is 3.31. The second-order valence-corrected chi connectivity index (χ2v) is 6.39. The van der Waals surface area contributed by atoms with Crippen molar-refractivity contribution in [3.63, 3.8) is 0 Å². The highest BCUT2D eigenvalue weighted by Gasteiger charge is 2.35. The summed E-state index contributed by atoms with van der Waals surface area (Å²) in [4.78, 5) is 16.1. The Balaban J connectivity index is 1.47. The van der Waals surface area contributed by atoms with Crippen LogP contribution in [0.3, 0.4) is 0 Å². The Morgan fingerprint density at radius 2 is 2.00 bits per heavy atom. The number of rotatable bonds is 6. The highest BCUT2D eigenvalue weighted by molar-refractivity contribution is 7.15. The summed E-state index contributed by atoms with van der Waals surface area (Å²) in [5.74, 6) is 1.14. The summed E-state index contributed by atoms with van der Waals surface area (Å²) in [7, 11) is 1.57. The van der Waals surface area contributed by atoms with Gasteiger partial charge in [0, 0.05) is 18.5 Å². The van der Waals surface area contributed by atoms with Crippen molar-refractivity contribution in [2.75, 3.05) is 19.0 Å². The lowest BCUT2D eigenvalue weighted by atomic mass is 10.2. The molecule has 0 unspecified atom stereocenters. The predicted octanol–water partition coefficient (Wildman–Crippen LogP) is 3.58. The van der Waals surface area contributed by atoms with Gasteiger partial charge in [-0.2, -0.15) is 13.2 Å². The number of alkyl halides is 3. The van der Waals surface area contributed by atoms with Gasteiger partial charge in [-0.15, -0.1) is 10.2 Å². The van der Waals surface area contributed by atoms with Gasteiger partial charge in [-0.05, 0) is 24.3 Å². The van der Waals surface area contributed by atoms with Gasteiger partial charge in [0.15, 0.2) is 0 Å². The van der Waals surface area contributed by atoms with E-state index in [2.05, 4.69) is 25.8 Å². The van der Waals surface area contributed by atoms with Gasteiger partial charge in [-0.25, -0.2) is 9.78 Å². The first-order valence-electron chi connectivity index (χ1n) is 7.89. The number of carbonyl (C=O) groups excluding carboxylic acids is 1. The molecule has 0 atom stereocenters. The minimum atomic E-state index is -4.59. The first kappa shape index (κ1) is 19.6. The number of aromatic nitrogens is 3. The molecular formula is C16H14F3N5O3S. The number of ether oxygens (including phenoxy) is 1. The monoisotopic (exact) mass is 413 g/mol. The van der Waals surface area contributed by atoms with Gasteiger partial charge in [-0.1, -0.05) is 11.3 Å². The minimum absolute atomic E-state index is 0.200. The van der Waals surface area contributed by atoms with E-state index in [0.717, 1.165) is 5.56 Å². The van der Waals surface area contributed by atoms with Crippen molar-refractivity contribution in [3.8, 4) is 17.2 Å². The molecule has 0 fully saturated rings. The van der Waals surface area contributed by atoms with E-state index in [9.17, 15) is 18.0 Å². The summed E-state index contributed by atoms with van der Waals surface area (Å²) in [5, 5.41) is 9.59. The van der Waals surface area contributed by atoms with E-state index in [1.54, 1.807) is 31.4 Å². The molecule has 12 heteroatoms. The van der Waals surface area contributed by atoms with Crippen LogP contribution in [0, 0.1) is 0 Å². The molecule has 0 aliphatic heterocycles. The molecule has 0 spiro atoms. The lowest BCUT2D eigenvalue weighted by molar-refractivity contribution is -0.138. The van der Waals surface area contributed by atoms with Crippen LogP contribution in [0.4, 0.5) is 23.1 Å². The highest BCUT2D eigenvalue weighted by Crippen LogP contribution is 2.32. The molecule has 0 saturated carbocycles. The molecule has 1 aromatic carbocycles. The largest absolute Gasteiger partial charge is 0.497 e. The number of oxazole rings is 1. The van der Waals surface area contributed by atoms with Crippen LogP contribution >= 0.6 is 11.3 Å². The van der Waals surface area contributed by atoms with Crippen LogP contribution < -0.4 is 15.4 Å². The van der Waals surface area contributed by atoms with Crippen molar-refractivity contribution in [2.24, 2.45) is 0 Å². The number of hydrogen-bond acceptors (Lipinski definition) is 7. The Labute approximate surface area is 160 Å². The van der Waals surface area contributed by atoms with E-state index in [4.69, 9.17) is 9.15 Å². The number of nitrogens with one attached hydrogen (secondary N) is 2. The summed E-state index contributed by atoms with van der Waals surface area (Å²) in [5.41, 5.74) is 1.39. The number of methoxy groups -OCH3 is 1. The van der Waals surface area contributed by atoms with Gasteiger partial charge in [-0.3, -0.25) is 5.32 Å². The van der Waals surface area contributed by atoms with E-state index in [-0.39, 0.29) is 23.0 Å². The van der Waals surface area contributed by atoms with Crippen LogP contribution in [0.5, 0.6) is 5.75 Å². The van der Waals surface area contributed by atoms with Crippen molar-refractivity contribution in [1.29, 1.82) is 0 Å². The van der Waals surface area contributed by atoms with Crippen molar-refractivity contribution in [3.05, 3.63) is 41.2 Å². The smallest absolute Gasteiger partial charge is 0.445 e. The zero-order valence-corrected chi connectivity index (χ0v) is 15.2. The number of urea groups is 1. The topological polar surface area (TPSA) is 102 Å². The Bertz CT molecular complexity index is 940. The molecule has 2 amide bonds. The fourth-order valence-corrected chi connectivity index (χ4v) is 2.73. The normalized spacial score (nSPS) is 11.3. The highest BCUT2D eigenvalue weighted by atomic mass is 32.1. The third-order valence-electron chi connectivity index (χ3n) is 3.44. The molecule has 0 saturated heterocycles. The molecule has 148 valence electrons. The SMILES string of the molecule is COc1ccc(-c2nc(CCNC(=O)Nc3nnc(C(F)(F)F)s3)co2)cc1. The first-order chi connectivity index (χ1) is 13.3. The molecule has 28 heavy (non-hydrogen) atoms. The summed E-state index contributed by atoms with van der Waals surface area (Å²) < 4.78 is 47.8. The van der Waals surface area contributed by atoms with E-state index in [1.807, 2.05) is 0 Å². The number of amides is 2. The van der Waals surface area contributed by atoms with Gasteiger partial charge in [0.05, 0.1) is 12.8 Å². The van der Waals surface area contributed by atoms with Crippen LogP contribution in [-0.2, 0) is 12.6 Å². The summed E-state index contributed by atoms with van der Waals surface area (Å²) in [6.07, 6.45) is -2.75. The number of hydrogen-bond donors (Lipinski definition) is 2. The first-order valence-corrected chi connectivity index (χ1v) is 8.71. The lowest BCUT2D eigenvalue weighted by Gasteiger charge is -2.03. The maximum absolute atomic E-state index is 12.4. The van der Waals surface area contributed by atoms with E-state index in [0.29, 0.717) is 23.8 Å². The third kappa shape index (κ3) is 4.97. The molecule has 2 aromatic heterocycles. The Morgan fingerprint density at radius 1 is 1.25 bits per heavy atom. The number of anilines is 1. The van der Waals surface area contributed by atoms with Crippen LogP contribution in [0.25, 0.3) is 11.5 Å². The Kier molecular flexibility index (Phi) is 5.78. The van der Waals surface area contributed by atoms with Gasteiger partial charge < -0.3 is 14.5 Å². The Hall–Kier alpha value is -3.15. The second-order valence-electron chi connectivity index (χ2n) is 5.41. The molecule has 3 aromatic rings. The average molecular weight is 413 g/mol. The standard InChI is InChI=1S/C16H14F3N5O3S/c1-26-11-4-2-9(3-5-11)12-21-10(8-27-12)6-7-20-14(25)22-15-24-23-13(28-15)16(17,18)19/h2-5,8H,6-7H2,1H3,(H2,20,22,24,25).